The Kier molecular flexibility index (Phi) is 4.50. The van der Waals surface area contributed by atoms with Gasteiger partial charge in [0.15, 0.2) is 0 Å². The first-order valence-electron chi connectivity index (χ1n) is 4.41. The molecular formula is C11H11NO2S. The smallest absolute Gasteiger partial charge is 0.322 e. The van der Waals surface area contributed by atoms with E-state index in [2.05, 4.69) is 5.32 Å². The first-order valence-corrected chi connectivity index (χ1v) is 4.82. The number of hydrogen-bond acceptors (Lipinski definition) is 2. The van der Waals surface area contributed by atoms with Gasteiger partial charge in [-0.05, 0) is 11.6 Å². The van der Waals surface area contributed by atoms with Crippen LogP contribution in [0.3, 0.4) is 0 Å². The standard InChI is InChI=1S/C11H11NO2S/c13-11(14)8-12-10(15)7-6-9-4-2-1-3-5-9/h1-7H,8H2,(H,12,15)(H,13,14)/b7-6-. The van der Waals surface area contributed by atoms with Gasteiger partial charge < -0.3 is 10.4 Å². The summed E-state index contributed by atoms with van der Waals surface area (Å²) in [5.41, 5.74) is 1.02. The quantitative estimate of drug-likeness (QED) is 0.600. The summed E-state index contributed by atoms with van der Waals surface area (Å²) in [7, 11) is 0. The van der Waals surface area contributed by atoms with Crippen LogP contribution in [0.1, 0.15) is 5.56 Å². The summed E-state index contributed by atoms with van der Waals surface area (Å²) < 4.78 is 0. The van der Waals surface area contributed by atoms with E-state index in [1.165, 1.54) is 0 Å². The van der Waals surface area contributed by atoms with E-state index in [9.17, 15) is 4.79 Å². The molecule has 0 saturated carbocycles. The Hall–Kier alpha value is -1.68. The molecule has 1 aromatic rings. The summed E-state index contributed by atoms with van der Waals surface area (Å²) in [5, 5.41) is 11.0. The highest BCUT2D eigenvalue weighted by Crippen LogP contribution is 2.00. The van der Waals surface area contributed by atoms with E-state index in [-0.39, 0.29) is 6.54 Å². The highest BCUT2D eigenvalue weighted by atomic mass is 32.1. The van der Waals surface area contributed by atoms with Crippen LogP contribution in [-0.2, 0) is 4.79 Å². The third-order valence-corrected chi connectivity index (χ3v) is 1.92. The van der Waals surface area contributed by atoms with Gasteiger partial charge in [-0.1, -0.05) is 48.6 Å². The Morgan fingerprint density at radius 1 is 1.40 bits per heavy atom. The molecule has 0 saturated heterocycles. The monoisotopic (exact) mass is 221 g/mol. The van der Waals surface area contributed by atoms with Crippen molar-refractivity contribution in [3.63, 3.8) is 0 Å². The summed E-state index contributed by atoms with van der Waals surface area (Å²) in [4.78, 5) is 10.6. The van der Waals surface area contributed by atoms with Crippen LogP contribution in [0.25, 0.3) is 6.08 Å². The fraction of sp³-hybridized carbons (Fsp3) is 0.0909. The summed E-state index contributed by atoms with van der Waals surface area (Å²) in [5.74, 6) is -0.925. The van der Waals surface area contributed by atoms with Crippen molar-refractivity contribution in [2.24, 2.45) is 0 Å². The molecule has 4 heteroatoms. The van der Waals surface area contributed by atoms with Gasteiger partial charge in [0.25, 0.3) is 0 Å². The number of rotatable bonds is 4. The van der Waals surface area contributed by atoms with Crippen LogP contribution in [0.2, 0.25) is 0 Å². The van der Waals surface area contributed by atoms with Gasteiger partial charge in [0, 0.05) is 0 Å². The van der Waals surface area contributed by atoms with Crippen LogP contribution in [0, 0.1) is 0 Å². The lowest BCUT2D eigenvalue weighted by atomic mass is 10.2. The van der Waals surface area contributed by atoms with Crippen molar-refractivity contribution in [3.8, 4) is 0 Å². The number of hydrogen-bond donors (Lipinski definition) is 2. The SMILES string of the molecule is O=C(O)CNC(=S)/C=C\c1ccccc1. The molecule has 78 valence electrons. The molecule has 0 fully saturated rings. The predicted molar refractivity (Wildman–Crippen MR) is 63.7 cm³/mol. The van der Waals surface area contributed by atoms with E-state index < -0.39 is 5.97 Å². The second-order valence-corrected chi connectivity index (χ2v) is 3.30. The number of thiocarbonyl (C=S) groups is 1. The number of benzene rings is 1. The van der Waals surface area contributed by atoms with Gasteiger partial charge in [-0.25, -0.2) is 0 Å². The van der Waals surface area contributed by atoms with Crippen molar-refractivity contribution in [3.05, 3.63) is 42.0 Å². The van der Waals surface area contributed by atoms with Gasteiger partial charge in [0.05, 0.1) is 4.99 Å². The summed E-state index contributed by atoms with van der Waals surface area (Å²) in [6, 6.07) is 9.66. The van der Waals surface area contributed by atoms with E-state index in [1.54, 1.807) is 6.08 Å². The van der Waals surface area contributed by atoms with E-state index in [0.29, 0.717) is 4.99 Å². The molecule has 0 bridgehead atoms. The Balaban J connectivity index is 2.44. The molecule has 0 heterocycles. The van der Waals surface area contributed by atoms with E-state index >= 15 is 0 Å². The first kappa shape index (κ1) is 11.4. The molecule has 0 radical (unpaired) electrons. The highest BCUT2D eigenvalue weighted by molar-refractivity contribution is 7.80. The Morgan fingerprint density at radius 3 is 2.67 bits per heavy atom. The van der Waals surface area contributed by atoms with Crippen molar-refractivity contribution >= 4 is 29.3 Å². The van der Waals surface area contributed by atoms with Crippen molar-refractivity contribution in [1.29, 1.82) is 0 Å². The molecule has 0 spiro atoms. The van der Waals surface area contributed by atoms with Crippen LogP contribution in [0.15, 0.2) is 36.4 Å². The number of carboxylic acid groups (broad SMARTS) is 1. The minimum absolute atomic E-state index is 0.155. The number of nitrogens with one attached hydrogen (secondary N) is 1. The number of carbonyl (C=O) groups is 1. The first-order chi connectivity index (χ1) is 7.18. The lowest BCUT2D eigenvalue weighted by Crippen LogP contribution is -2.26. The number of aliphatic carboxylic acids is 1. The lowest BCUT2D eigenvalue weighted by Gasteiger charge is -1.99. The molecule has 0 aliphatic heterocycles. The van der Waals surface area contributed by atoms with Crippen molar-refractivity contribution < 1.29 is 9.90 Å². The predicted octanol–water partition coefficient (Wildman–Crippen LogP) is 1.70. The van der Waals surface area contributed by atoms with Gasteiger partial charge >= 0.3 is 5.97 Å². The molecule has 15 heavy (non-hydrogen) atoms. The van der Waals surface area contributed by atoms with Crippen molar-refractivity contribution in [1.82, 2.24) is 5.32 Å². The third kappa shape index (κ3) is 4.93. The maximum atomic E-state index is 10.2. The maximum absolute atomic E-state index is 10.2. The number of carboxylic acids is 1. The maximum Gasteiger partial charge on any atom is 0.322 e. The van der Waals surface area contributed by atoms with E-state index in [0.717, 1.165) is 5.56 Å². The Labute approximate surface area is 93.4 Å². The lowest BCUT2D eigenvalue weighted by molar-refractivity contribution is -0.135. The van der Waals surface area contributed by atoms with Crippen molar-refractivity contribution in [2.75, 3.05) is 6.54 Å². The molecule has 0 aliphatic rings. The van der Waals surface area contributed by atoms with Crippen LogP contribution >= 0.6 is 12.2 Å². The molecule has 0 aromatic heterocycles. The fourth-order valence-corrected chi connectivity index (χ4v) is 1.10. The summed E-state index contributed by atoms with van der Waals surface area (Å²) >= 11 is 4.91. The van der Waals surface area contributed by atoms with Crippen LogP contribution < -0.4 is 5.32 Å². The topological polar surface area (TPSA) is 49.3 Å². The van der Waals surface area contributed by atoms with Crippen LogP contribution in [0.5, 0.6) is 0 Å². The summed E-state index contributed by atoms with van der Waals surface area (Å²) in [6.07, 6.45) is 3.50. The second kappa shape index (κ2) is 5.93. The van der Waals surface area contributed by atoms with Gasteiger partial charge in [0.2, 0.25) is 0 Å². The molecule has 2 N–H and O–H groups in total. The fourth-order valence-electron chi connectivity index (χ4n) is 0.958. The molecule has 0 amide bonds. The zero-order valence-corrected chi connectivity index (χ0v) is 8.83. The zero-order valence-electron chi connectivity index (χ0n) is 8.01. The molecule has 1 aromatic carbocycles. The highest BCUT2D eigenvalue weighted by Gasteiger charge is 1.95. The second-order valence-electron chi connectivity index (χ2n) is 2.86. The zero-order chi connectivity index (χ0) is 11.1. The minimum atomic E-state index is -0.925. The van der Waals surface area contributed by atoms with Gasteiger partial charge in [-0.3, -0.25) is 4.79 Å². The van der Waals surface area contributed by atoms with Gasteiger partial charge in [0.1, 0.15) is 6.54 Å². The van der Waals surface area contributed by atoms with Crippen molar-refractivity contribution in [2.45, 2.75) is 0 Å². The molecule has 0 atom stereocenters. The van der Waals surface area contributed by atoms with E-state index in [4.69, 9.17) is 17.3 Å². The average Bonchev–Trinajstić information content (AvgIpc) is 2.25. The normalized spacial score (nSPS) is 10.1. The van der Waals surface area contributed by atoms with Gasteiger partial charge in [-0.2, -0.15) is 0 Å². The molecule has 0 unspecified atom stereocenters. The Morgan fingerprint density at radius 2 is 2.07 bits per heavy atom. The minimum Gasteiger partial charge on any atom is -0.480 e. The molecule has 0 aliphatic carbocycles. The Bertz CT molecular complexity index is 373. The molecular weight excluding hydrogens is 210 g/mol. The molecule has 3 nitrogen and oxygen atoms in total. The van der Waals surface area contributed by atoms with E-state index in [1.807, 2.05) is 36.4 Å². The largest absolute Gasteiger partial charge is 0.480 e. The van der Waals surface area contributed by atoms with Crippen LogP contribution in [-0.4, -0.2) is 22.6 Å². The van der Waals surface area contributed by atoms with Crippen LogP contribution in [0.4, 0.5) is 0 Å². The average molecular weight is 221 g/mol. The summed E-state index contributed by atoms with van der Waals surface area (Å²) in [6.45, 7) is -0.155. The molecule has 1 rings (SSSR count). The van der Waals surface area contributed by atoms with Gasteiger partial charge in [-0.15, -0.1) is 0 Å². The third-order valence-electron chi connectivity index (χ3n) is 1.64.